The summed E-state index contributed by atoms with van der Waals surface area (Å²) in [6, 6.07) is 26.5. The molecule has 6 rings (SSSR count). The summed E-state index contributed by atoms with van der Waals surface area (Å²) >= 11 is 1.32. The predicted octanol–water partition coefficient (Wildman–Crippen LogP) is 7.55. The summed E-state index contributed by atoms with van der Waals surface area (Å²) in [6.07, 6.45) is 0.722. The number of fused-ring (bicyclic) bond motifs is 2. The van der Waals surface area contributed by atoms with Gasteiger partial charge in [-0.1, -0.05) is 60.7 Å². The summed E-state index contributed by atoms with van der Waals surface area (Å²) in [4.78, 5) is 25.5. The second-order valence-electron chi connectivity index (χ2n) is 8.17. The maximum atomic E-state index is 12.8. The summed E-state index contributed by atoms with van der Waals surface area (Å²) in [5, 5.41) is 6.20. The highest BCUT2D eigenvalue weighted by Gasteiger charge is 2.21. The summed E-state index contributed by atoms with van der Waals surface area (Å²) < 4.78 is 17.8. The number of benzene rings is 3. The number of rotatable bonds is 7. The topological polar surface area (TPSA) is 81.7 Å². The zero-order valence-electron chi connectivity index (χ0n) is 18.9. The van der Waals surface area contributed by atoms with E-state index < -0.39 is 5.91 Å². The first-order valence-corrected chi connectivity index (χ1v) is 12.1. The Kier molecular flexibility index (Phi) is 5.59. The fourth-order valence-corrected chi connectivity index (χ4v) is 4.97. The van der Waals surface area contributed by atoms with Crippen molar-refractivity contribution in [3.05, 3.63) is 107 Å². The smallest absolute Gasteiger partial charge is 0.291 e. The van der Waals surface area contributed by atoms with Gasteiger partial charge in [-0.3, -0.25) is 9.59 Å². The van der Waals surface area contributed by atoms with Crippen molar-refractivity contribution < 1.29 is 23.2 Å². The molecule has 0 fully saturated rings. The van der Waals surface area contributed by atoms with Gasteiger partial charge in [0.1, 0.15) is 18.0 Å². The van der Waals surface area contributed by atoms with E-state index in [-0.39, 0.29) is 5.76 Å². The molecule has 7 heteroatoms. The first-order valence-electron chi connectivity index (χ1n) is 11.3. The van der Waals surface area contributed by atoms with Gasteiger partial charge in [-0.2, -0.15) is 0 Å². The van der Waals surface area contributed by atoms with Crippen LogP contribution in [0.15, 0.2) is 99.1 Å². The van der Waals surface area contributed by atoms with E-state index in [1.807, 2.05) is 72.8 Å². The number of thiophene rings is 1. The van der Waals surface area contributed by atoms with Crippen molar-refractivity contribution in [2.24, 2.45) is 0 Å². The highest BCUT2D eigenvalue weighted by Crippen LogP contribution is 2.40. The van der Waals surface area contributed by atoms with E-state index in [2.05, 4.69) is 5.32 Å². The van der Waals surface area contributed by atoms with E-state index in [1.54, 1.807) is 17.5 Å². The lowest BCUT2D eigenvalue weighted by molar-refractivity contribution is 0.0998. The number of hydrogen-bond acceptors (Lipinski definition) is 6. The monoisotopic (exact) mass is 493 g/mol. The Hall–Kier alpha value is -4.62. The Labute approximate surface area is 209 Å². The van der Waals surface area contributed by atoms with Crippen molar-refractivity contribution in [3.63, 3.8) is 0 Å². The molecule has 6 aromatic rings. The number of carbonyl (C=O) groups is 2. The Morgan fingerprint density at radius 1 is 0.917 bits per heavy atom. The molecule has 6 nitrogen and oxygen atoms in total. The van der Waals surface area contributed by atoms with E-state index in [0.717, 1.165) is 22.6 Å². The van der Waals surface area contributed by atoms with E-state index in [0.29, 0.717) is 45.4 Å². The molecule has 0 spiro atoms. The molecule has 176 valence electrons. The largest absolute Gasteiger partial charge is 0.485 e. The molecule has 3 aromatic heterocycles. The minimum atomic E-state index is -0.431. The molecule has 0 unspecified atom stereocenters. The van der Waals surface area contributed by atoms with E-state index in [1.165, 1.54) is 11.3 Å². The third-order valence-corrected chi connectivity index (χ3v) is 6.82. The first-order chi connectivity index (χ1) is 17.7. The number of furan rings is 2. The van der Waals surface area contributed by atoms with Gasteiger partial charge in [0.15, 0.2) is 23.4 Å². The second-order valence-corrected chi connectivity index (χ2v) is 9.05. The van der Waals surface area contributed by atoms with Crippen LogP contribution in [0.1, 0.15) is 26.5 Å². The van der Waals surface area contributed by atoms with Crippen LogP contribution in [0.25, 0.3) is 32.6 Å². The Bertz CT molecular complexity index is 1680. The molecule has 36 heavy (non-hydrogen) atoms. The zero-order valence-corrected chi connectivity index (χ0v) is 19.7. The number of carbonyl (C=O) groups excluding carboxylic acids is 2. The fourth-order valence-electron chi connectivity index (χ4n) is 4.05. The van der Waals surface area contributed by atoms with Crippen molar-refractivity contribution in [3.8, 4) is 16.4 Å². The van der Waals surface area contributed by atoms with Crippen molar-refractivity contribution in [2.75, 3.05) is 5.32 Å². The summed E-state index contributed by atoms with van der Waals surface area (Å²) in [5.41, 5.74) is 3.01. The van der Waals surface area contributed by atoms with Gasteiger partial charge in [-0.15, -0.1) is 11.3 Å². The Balaban J connectivity index is 1.28. The fraction of sp³-hybridized carbons (Fsp3) is 0.0345. The van der Waals surface area contributed by atoms with Crippen LogP contribution in [0.4, 0.5) is 5.69 Å². The minimum Gasteiger partial charge on any atom is -0.485 e. The van der Waals surface area contributed by atoms with Gasteiger partial charge in [0.25, 0.3) is 5.91 Å². The molecule has 0 atom stereocenters. The SMILES string of the molecule is O=Cc1c(NC(=O)c2cc3ccccc3o2)csc1-c1cc2cccc(OCc3ccccc3)c2o1. The average molecular weight is 494 g/mol. The maximum Gasteiger partial charge on any atom is 0.291 e. The number of anilines is 1. The van der Waals surface area contributed by atoms with Gasteiger partial charge in [0, 0.05) is 16.2 Å². The minimum absolute atomic E-state index is 0.171. The van der Waals surface area contributed by atoms with Crippen molar-refractivity contribution in [1.82, 2.24) is 0 Å². The standard InChI is InChI=1S/C29H19NO5S/c31-15-21-22(30-29(32)26-13-19-9-4-5-11-23(19)34-26)17-36-28(21)25-14-20-10-6-12-24(27(20)35-25)33-16-18-7-2-1-3-8-18/h1-15,17H,16H2,(H,30,32). The molecule has 3 heterocycles. The van der Waals surface area contributed by atoms with E-state index in [9.17, 15) is 9.59 Å². The normalized spacial score (nSPS) is 11.1. The van der Waals surface area contributed by atoms with Gasteiger partial charge in [-0.25, -0.2) is 0 Å². The van der Waals surface area contributed by atoms with Crippen LogP contribution in [0.3, 0.4) is 0 Å². The number of aldehydes is 1. The summed E-state index contributed by atoms with van der Waals surface area (Å²) in [5.74, 6) is 0.881. The third-order valence-electron chi connectivity index (χ3n) is 5.81. The predicted molar refractivity (Wildman–Crippen MR) is 140 cm³/mol. The number of hydrogen-bond donors (Lipinski definition) is 1. The third kappa shape index (κ3) is 4.06. The Morgan fingerprint density at radius 2 is 1.72 bits per heavy atom. The molecule has 1 amide bonds. The van der Waals surface area contributed by atoms with Gasteiger partial charge >= 0.3 is 0 Å². The lowest BCUT2D eigenvalue weighted by Crippen LogP contribution is -2.11. The first kappa shape index (κ1) is 21.9. The number of amides is 1. The lowest BCUT2D eigenvalue weighted by atomic mass is 10.2. The van der Waals surface area contributed by atoms with Crippen LogP contribution >= 0.6 is 11.3 Å². The van der Waals surface area contributed by atoms with E-state index >= 15 is 0 Å². The summed E-state index contributed by atoms with van der Waals surface area (Å²) in [6.45, 7) is 0.409. The molecule has 0 saturated carbocycles. The van der Waals surface area contributed by atoms with Gasteiger partial charge in [0.05, 0.1) is 16.1 Å². The molecule has 3 aromatic carbocycles. The quantitative estimate of drug-likeness (QED) is 0.232. The molecule has 0 saturated heterocycles. The zero-order chi connectivity index (χ0) is 24.5. The van der Waals surface area contributed by atoms with Crippen molar-refractivity contribution >= 4 is 51.2 Å². The molecule has 1 N–H and O–H groups in total. The number of nitrogens with one attached hydrogen (secondary N) is 1. The number of ether oxygens (including phenoxy) is 1. The van der Waals surface area contributed by atoms with Crippen LogP contribution in [-0.4, -0.2) is 12.2 Å². The average Bonchev–Trinajstić information content (AvgIpc) is 3.64. The van der Waals surface area contributed by atoms with Crippen molar-refractivity contribution in [2.45, 2.75) is 6.61 Å². The number of para-hydroxylation sites is 2. The highest BCUT2D eigenvalue weighted by molar-refractivity contribution is 7.14. The van der Waals surface area contributed by atoms with Crippen LogP contribution in [0.5, 0.6) is 5.75 Å². The molecule has 0 aliphatic heterocycles. The second kappa shape index (κ2) is 9.20. The maximum absolute atomic E-state index is 12.8. The molecule has 0 bridgehead atoms. The lowest BCUT2D eigenvalue weighted by Gasteiger charge is -2.06. The molecule has 0 radical (unpaired) electrons. The van der Waals surface area contributed by atoms with Crippen LogP contribution in [0, 0.1) is 0 Å². The van der Waals surface area contributed by atoms with Gasteiger partial charge < -0.3 is 18.9 Å². The van der Waals surface area contributed by atoms with Crippen LogP contribution < -0.4 is 10.1 Å². The highest BCUT2D eigenvalue weighted by atomic mass is 32.1. The van der Waals surface area contributed by atoms with Gasteiger partial charge in [0.2, 0.25) is 0 Å². The molecular formula is C29H19NO5S. The molecule has 0 aliphatic carbocycles. The molecule has 0 aliphatic rings. The Morgan fingerprint density at radius 3 is 2.56 bits per heavy atom. The van der Waals surface area contributed by atoms with Crippen LogP contribution in [0.2, 0.25) is 0 Å². The van der Waals surface area contributed by atoms with Gasteiger partial charge in [-0.05, 0) is 29.8 Å². The summed E-state index contributed by atoms with van der Waals surface area (Å²) in [7, 11) is 0. The van der Waals surface area contributed by atoms with Crippen molar-refractivity contribution in [1.29, 1.82) is 0 Å². The van der Waals surface area contributed by atoms with E-state index in [4.69, 9.17) is 13.6 Å². The molecular weight excluding hydrogens is 474 g/mol. The van der Waals surface area contributed by atoms with Crippen LogP contribution in [-0.2, 0) is 6.61 Å².